The number of carboxylic acids is 1. The summed E-state index contributed by atoms with van der Waals surface area (Å²) in [5.41, 5.74) is 3.64. The van der Waals surface area contributed by atoms with E-state index in [2.05, 4.69) is 17.6 Å². The van der Waals surface area contributed by atoms with E-state index >= 15 is 0 Å². The maximum atomic E-state index is 10.6. The van der Waals surface area contributed by atoms with Crippen molar-refractivity contribution >= 4 is 22.4 Å². The second-order valence-corrected chi connectivity index (χ2v) is 3.47. The minimum absolute atomic E-state index is 0.966. The van der Waals surface area contributed by atoms with E-state index in [1.54, 1.807) is 0 Å². The van der Waals surface area contributed by atoms with Gasteiger partial charge >= 0.3 is 12.1 Å². The summed E-state index contributed by atoms with van der Waals surface area (Å²) in [4.78, 5) is 8.90. The molecule has 0 bridgehead atoms. The SMILES string of the molecule is NNc1cccc2ccccc12.O=C(O)C(F)(F)F. The zero-order chi connectivity index (χ0) is 14.5. The maximum Gasteiger partial charge on any atom is 0.490 e. The molecule has 0 aliphatic carbocycles. The van der Waals surface area contributed by atoms with Crippen molar-refractivity contribution in [1.82, 2.24) is 0 Å². The third-order valence-corrected chi connectivity index (χ3v) is 2.19. The van der Waals surface area contributed by atoms with E-state index in [1.807, 2.05) is 30.3 Å². The van der Waals surface area contributed by atoms with Crippen molar-refractivity contribution < 1.29 is 23.1 Å². The molecule has 0 radical (unpaired) electrons. The Morgan fingerprint density at radius 2 is 1.63 bits per heavy atom. The molecule has 2 aromatic carbocycles. The molecule has 0 unspecified atom stereocenters. The molecule has 0 fully saturated rings. The van der Waals surface area contributed by atoms with Gasteiger partial charge in [-0.15, -0.1) is 0 Å². The summed E-state index contributed by atoms with van der Waals surface area (Å²) in [6.07, 6.45) is -5.08. The van der Waals surface area contributed by atoms with Gasteiger partial charge in [0.25, 0.3) is 0 Å². The number of halogens is 3. The van der Waals surface area contributed by atoms with Crippen molar-refractivity contribution in [3.05, 3.63) is 42.5 Å². The Hall–Kier alpha value is -2.28. The number of hydrazine groups is 1. The summed E-state index contributed by atoms with van der Waals surface area (Å²) in [7, 11) is 0. The predicted octanol–water partition coefficient (Wildman–Crippen LogP) is 2.76. The second kappa shape index (κ2) is 6.05. The highest BCUT2D eigenvalue weighted by Crippen LogP contribution is 2.21. The molecular weight excluding hydrogens is 261 g/mol. The third-order valence-electron chi connectivity index (χ3n) is 2.19. The summed E-state index contributed by atoms with van der Waals surface area (Å²) in [5, 5.41) is 9.48. The van der Waals surface area contributed by atoms with Crippen LogP contribution in [0.4, 0.5) is 18.9 Å². The molecule has 4 nitrogen and oxygen atoms in total. The summed E-state index contributed by atoms with van der Waals surface area (Å²) in [6.45, 7) is 0. The van der Waals surface area contributed by atoms with Crippen LogP contribution in [0.3, 0.4) is 0 Å². The number of benzene rings is 2. The summed E-state index contributed by atoms with van der Waals surface area (Å²) < 4.78 is 31.7. The maximum absolute atomic E-state index is 10.6. The molecule has 0 spiro atoms. The van der Waals surface area contributed by atoms with Gasteiger partial charge in [0.05, 0.1) is 5.69 Å². The van der Waals surface area contributed by atoms with Crippen LogP contribution in [0.1, 0.15) is 0 Å². The average molecular weight is 272 g/mol. The van der Waals surface area contributed by atoms with Gasteiger partial charge in [-0.05, 0) is 11.5 Å². The Labute approximate surface area is 106 Å². The number of carbonyl (C=O) groups is 1. The van der Waals surface area contributed by atoms with E-state index in [4.69, 9.17) is 15.7 Å². The molecular formula is C12H11F3N2O2. The number of alkyl halides is 3. The van der Waals surface area contributed by atoms with Gasteiger partial charge in [-0.3, -0.25) is 5.84 Å². The third kappa shape index (κ3) is 4.14. The fraction of sp³-hybridized carbons (Fsp3) is 0.0833. The van der Waals surface area contributed by atoms with Gasteiger partial charge in [-0.1, -0.05) is 36.4 Å². The van der Waals surface area contributed by atoms with E-state index < -0.39 is 12.1 Å². The number of fused-ring (bicyclic) bond motifs is 1. The van der Waals surface area contributed by atoms with Crippen LogP contribution >= 0.6 is 0 Å². The Balaban J connectivity index is 0.000000224. The number of nitrogens with one attached hydrogen (secondary N) is 1. The molecule has 0 heterocycles. The number of hydrogen-bond acceptors (Lipinski definition) is 3. The largest absolute Gasteiger partial charge is 0.490 e. The number of aliphatic carboxylic acids is 1. The van der Waals surface area contributed by atoms with E-state index in [0.717, 1.165) is 11.1 Å². The van der Waals surface area contributed by atoms with Crippen LogP contribution in [0.25, 0.3) is 10.8 Å². The highest BCUT2D eigenvalue weighted by Gasteiger charge is 2.38. The van der Waals surface area contributed by atoms with Crippen LogP contribution in [0, 0.1) is 0 Å². The van der Waals surface area contributed by atoms with E-state index in [9.17, 15) is 13.2 Å². The monoisotopic (exact) mass is 272 g/mol. The Kier molecular flexibility index (Phi) is 4.71. The fourth-order valence-corrected chi connectivity index (χ4v) is 1.35. The lowest BCUT2D eigenvalue weighted by molar-refractivity contribution is -0.192. The van der Waals surface area contributed by atoms with Crippen molar-refractivity contribution in [2.24, 2.45) is 5.84 Å². The minimum atomic E-state index is -5.08. The van der Waals surface area contributed by atoms with Gasteiger partial charge in [-0.2, -0.15) is 13.2 Å². The Morgan fingerprint density at radius 3 is 2.16 bits per heavy atom. The number of rotatable bonds is 1. The first kappa shape index (κ1) is 14.8. The smallest absolute Gasteiger partial charge is 0.475 e. The fourth-order valence-electron chi connectivity index (χ4n) is 1.35. The molecule has 0 aliphatic rings. The lowest BCUT2D eigenvalue weighted by Crippen LogP contribution is -2.21. The number of nitrogen functional groups attached to an aromatic ring is 1. The van der Waals surface area contributed by atoms with Gasteiger partial charge in [0.1, 0.15) is 0 Å². The van der Waals surface area contributed by atoms with Crippen molar-refractivity contribution in [1.29, 1.82) is 0 Å². The molecule has 4 N–H and O–H groups in total. The Bertz CT molecular complexity index is 565. The van der Waals surface area contributed by atoms with Crippen molar-refractivity contribution in [3.63, 3.8) is 0 Å². The number of carboxylic acid groups (broad SMARTS) is 1. The Morgan fingerprint density at radius 1 is 1.11 bits per heavy atom. The molecule has 19 heavy (non-hydrogen) atoms. The molecule has 2 aromatic rings. The van der Waals surface area contributed by atoms with Crippen LogP contribution in [-0.2, 0) is 4.79 Å². The van der Waals surface area contributed by atoms with Crippen LogP contribution in [0.15, 0.2) is 42.5 Å². The summed E-state index contributed by atoms with van der Waals surface area (Å²) in [6, 6.07) is 14.1. The first-order valence-electron chi connectivity index (χ1n) is 5.10. The topological polar surface area (TPSA) is 75.3 Å². The van der Waals surface area contributed by atoms with Gasteiger partial charge in [0.2, 0.25) is 0 Å². The lowest BCUT2D eigenvalue weighted by Gasteiger charge is -2.03. The number of anilines is 1. The van der Waals surface area contributed by atoms with Crippen LogP contribution in [0.5, 0.6) is 0 Å². The van der Waals surface area contributed by atoms with Crippen LogP contribution in [0.2, 0.25) is 0 Å². The van der Waals surface area contributed by atoms with Crippen molar-refractivity contribution in [2.75, 3.05) is 5.43 Å². The quantitative estimate of drug-likeness (QED) is 0.551. The molecule has 0 aromatic heterocycles. The zero-order valence-corrected chi connectivity index (χ0v) is 9.61. The van der Waals surface area contributed by atoms with Crippen LogP contribution < -0.4 is 11.3 Å². The second-order valence-electron chi connectivity index (χ2n) is 3.47. The summed E-state index contributed by atoms with van der Waals surface area (Å²) >= 11 is 0. The molecule has 0 saturated heterocycles. The minimum Gasteiger partial charge on any atom is -0.475 e. The van der Waals surface area contributed by atoms with E-state index in [0.29, 0.717) is 0 Å². The molecule has 0 saturated carbocycles. The molecule has 102 valence electrons. The van der Waals surface area contributed by atoms with Gasteiger partial charge in [0, 0.05) is 5.39 Å². The average Bonchev–Trinajstić information content (AvgIpc) is 2.37. The number of nitrogens with two attached hydrogens (primary N) is 1. The van der Waals surface area contributed by atoms with Crippen molar-refractivity contribution in [2.45, 2.75) is 6.18 Å². The van der Waals surface area contributed by atoms with E-state index in [-0.39, 0.29) is 0 Å². The summed E-state index contributed by atoms with van der Waals surface area (Å²) in [5.74, 6) is 2.61. The van der Waals surface area contributed by atoms with Gasteiger partial charge in [-0.25, -0.2) is 4.79 Å². The number of hydrogen-bond donors (Lipinski definition) is 3. The highest BCUT2D eigenvalue weighted by molar-refractivity contribution is 5.93. The first-order chi connectivity index (χ1) is 8.86. The molecule has 2 rings (SSSR count). The zero-order valence-electron chi connectivity index (χ0n) is 9.61. The highest BCUT2D eigenvalue weighted by atomic mass is 19.4. The normalized spacial score (nSPS) is 10.5. The molecule has 0 atom stereocenters. The van der Waals surface area contributed by atoms with Crippen molar-refractivity contribution in [3.8, 4) is 0 Å². The molecule has 7 heteroatoms. The van der Waals surface area contributed by atoms with Gasteiger partial charge < -0.3 is 10.5 Å². The molecule has 0 amide bonds. The molecule has 0 aliphatic heterocycles. The first-order valence-corrected chi connectivity index (χ1v) is 5.10. The van der Waals surface area contributed by atoms with Gasteiger partial charge in [0.15, 0.2) is 0 Å². The predicted molar refractivity (Wildman–Crippen MR) is 65.4 cm³/mol. The lowest BCUT2D eigenvalue weighted by atomic mass is 10.1. The van der Waals surface area contributed by atoms with Crippen LogP contribution in [-0.4, -0.2) is 17.3 Å². The van der Waals surface area contributed by atoms with E-state index in [1.165, 1.54) is 5.39 Å². The standard InChI is InChI=1S/C10H10N2.C2HF3O2/c11-12-10-7-3-5-8-4-1-2-6-9(8)10;3-2(4,5)1(6)7/h1-7,12H,11H2;(H,6,7).